The Morgan fingerprint density at radius 3 is 2.77 bits per heavy atom. The summed E-state index contributed by atoms with van der Waals surface area (Å²) < 4.78 is 1.93. The number of nitrogens with zero attached hydrogens (tertiary/aromatic N) is 4. The molecular weight excluding hydrogens is 326 g/mol. The number of carbonyl (C=O) groups is 1. The van der Waals surface area contributed by atoms with Crippen LogP contribution in [0.25, 0.3) is 5.69 Å². The second kappa shape index (κ2) is 7.00. The number of amides is 1. The van der Waals surface area contributed by atoms with Gasteiger partial charge in [-0.1, -0.05) is 30.3 Å². The number of fused-ring (bicyclic) bond motifs is 1. The predicted octanol–water partition coefficient (Wildman–Crippen LogP) is 3.05. The summed E-state index contributed by atoms with van der Waals surface area (Å²) in [6.45, 7) is 2.75. The summed E-state index contributed by atoms with van der Waals surface area (Å²) in [6.07, 6.45) is 2.64. The molecule has 0 fully saturated rings. The molecule has 1 aliphatic heterocycles. The van der Waals surface area contributed by atoms with Gasteiger partial charge in [0, 0.05) is 31.1 Å². The van der Waals surface area contributed by atoms with Gasteiger partial charge in [-0.2, -0.15) is 0 Å². The third kappa shape index (κ3) is 3.18. The lowest BCUT2D eigenvalue weighted by Gasteiger charge is -2.34. The molecule has 0 spiro atoms. The number of rotatable bonds is 4. The van der Waals surface area contributed by atoms with E-state index in [1.165, 1.54) is 0 Å². The van der Waals surface area contributed by atoms with Crippen molar-refractivity contribution in [1.82, 2.24) is 14.8 Å². The van der Waals surface area contributed by atoms with Gasteiger partial charge in [0.05, 0.1) is 11.4 Å². The third-order valence-electron chi connectivity index (χ3n) is 4.57. The zero-order chi connectivity index (χ0) is 17.9. The van der Waals surface area contributed by atoms with Gasteiger partial charge in [-0.05, 0) is 31.2 Å². The van der Waals surface area contributed by atoms with Crippen molar-refractivity contribution in [2.24, 2.45) is 0 Å². The Kier molecular flexibility index (Phi) is 4.39. The molecule has 1 amide bonds. The molecule has 2 heterocycles. The van der Waals surface area contributed by atoms with Crippen LogP contribution in [0.1, 0.15) is 19.2 Å². The van der Waals surface area contributed by atoms with Crippen molar-refractivity contribution < 1.29 is 4.79 Å². The Balaban J connectivity index is 1.50. The van der Waals surface area contributed by atoms with Gasteiger partial charge in [0.1, 0.15) is 12.2 Å². The first-order chi connectivity index (χ1) is 12.7. The van der Waals surface area contributed by atoms with E-state index >= 15 is 0 Å². The molecular formula is C20H21N5O. The highest BCUT2D eigenvalue weighted by molar-refractivity contribution is 5.97. The van der Waals surface area contributed by atoms with E-state index in [4.69, 9.17) is 0 Å². The molecule has 1 atom stereocenters. The van der Waals surface area contributed by atoms with Crippen LogP contribution in [-0.2, 0) is 11.2 Å². The summed E-state index contributed by atoms with van der Waals surface area (Å²) in [5, 5.41) is 11.6. The highest BCUT2D eigenvalue weighted by Gasteiger charge is 2.25. The lowest BCUT2D eigenvalue weighted by Crippen LogP contribution is -2.43. The van der Waals surface area contributed by atoms with Crippen LogP contribution in [0.3, 0.4) is 0 Å². The molecule has 4 rings (SSSR count). The van der Waals surface area contributed by atoms with Gasteiger partial charge in [0.15, 0.2) is 0 Å². The first-order valence-corrected chi connectivity index (χ1v) is 8.82. The average Bonchev–Trinajstić information content (AvgIpc) is 3.14. The number of anilines is 2. The van der Waals surface area contributed by atoms with Crippen LogP contribution in [0.4, 0.5) is 11.4 Å². The Morgan fingerprint density at radius 1 is 1.15 bits per heavy atom. The van der Waals surface area contributed by atoms with Crippen molar-refractivity contribution in [3.05, 3.63) is 66.7 Å². The predicted molar refractivity (Wildman–Crippen MR) is 102 cm³/mol. The minimum Gasteiger partial charge on any atom is -0.379 e. The van der Waals surface area contributed by atoms with E-state index in [2.05, 4.69) is 22.4 Å². The van der Waals surface area contributed by atoms with Crippen LogP contribution in [0.15, 0.2) is 60.9 Å². The summed E-state index contributed by atoms with van der Waals surface area (Å²) in [6, 6.07) is 18.1. The topological polar surface area (TPSA) is 63.1 Å². The third-order valence-corrected chi connectivity index (χ3v) is 4.57. The van der Waals surface area contributed by atoms with Crippen LogP contribution in [0.2, 0.25) is 0 Å². The van der Waals surface area contributed by atoms with Crippen LogP contribution in [-0.4, -0.2) is 33.3 Å². The summed E-state index contributed by atoms with van der Waals surface area (Å²) in [5.74, 6) is 0.898. The minimum atomic E-state index is 0.105. The molecule has 0 bridgehead atoms. The molecule has 0 aliphatic carbocycles. The lowest BCUT2D eigenvalue weighted by atomic mass is 10.1. The van der Waals surface area contributed by atoms with Crippen LogP contribution < -0.4 is 10.2 Å². The molecule has 3 aromatic rings. The maximum atomic E-state index is 12.9. The van der Waals surface area contributed by atoms with E-state index in [1.807, 2.05) is 64.1 Å². The van der Waals surface area contributed by atoms with Crippen LogP contribution in [0, 0.1) is 0 Å². The molecule has 6 heteroatoms. The zero-order valence-corrected chi connectivity index (χ0v) is 14.7. The van der Waals surface area contributed by atoms with Gasteiger partial charge >= 0.3 is 0 Å². The molecule has 26 heavy (non-hydrogen) atoms. The largest absolute Gasteiger partial charge is 0.379 e. The van der Waals surface area contributed by atoms with Crippen molar-refractivity contribution in [2.75, 3.05) is 16.8 Å². The fourth-order valence-corrected chi connectivity index (χ4v) is 3.34. The van der Waals surface area contributed by atoms with Crippen molar-refractivity contribution >= 4 is 17.3 Å². The number of nitrogens with one attached hydrogen (secondary N) is 1. The molecule has 6 nitrogen and oxygen atoms in total. The fourth-order valence-electron chi connectivity index (χ4n) is 3.34. The molecule has 0 saturated heterocycles. The molecule has 1 unspecified atom stereocenters. The first-order valence-electron chi connectivity index (χ1n) is 8.82. The van der Waals surface area contributed by atoms with E-state index in [9.17, 15) is 4.79 Å². The second-order valence-corrected chi connectivity index (χ2v) is 6.52. The average molecular weight is 347 g/mol. The number of para-hydroxylation sites is 3. The number of carbonyl (C=O) groups excluding carboxylic acids is 1. The molecule has 1 aromatic heterocycles. The highest BCUT2D eigenvalue weighted by atomic mass is 16.2. The van der Waals surface area contributed by atoms with Gasteiger partial charge < -0.3 is 10.2 Å². The van der Waals surface area contributed by atoms with Gasteiger partial charge in [-0.3, -0.25) is 9.36 Å². The SMILES string of the molecule is CC1CN(C(=O)CCc2nncn2-c2ccccc2)c2ccccc2N1. The van der Waals surface area contributed by atoms with E-state index in [0.29, 0.717) is 19.4 Å². The quantitative estimate of drug-likeness (QED) is 0.788. The standard InChI is InChI=1S/C20H21N5O/c1-15-13-24(18-10-6-5-9-17(18)22-15)20(26)12-11-19-23-21-14-25(19)16-7-3-2-4-8-16/h2-10,14-15,22H,11-13H2,1H3. The van der Waals surface area contributed by atoms with E-state index in [0.717, 1.165) is 22.9 Å². The number of aromatic nitrogens is 3. The molecule has 132 valence electrons. The number of benzene rings is 2. The number of aryl methyl sites for hydroxylation is 1. The normalized spacial score (nSPS) is 16.0. The maximum absolute atomic E-state index is 12.9. The highest BCUT2D eigenvalue weighted by Crippen LogP contribution is 2.31. The Bertz CT molecular complexity index is 905. The Hall–Kier alpha value is -3.15. The van der Waals surface area contributed by atoms with Crippen molar-refractivity contribution in [3.8, 4) is 5.69 Å². The fraction of sp³-hybridized carbons (Fsp3) is 0.250. The summed E-state index contributed by atoms with van der Waals surface area (Å²) in [7, 11) is 0. The molecule has 0 radical (unpaired) electrons. The van der Waals surface area contributed by atoms with E-state index in [1.54, 1.807) is 6.33 Å². The van der Waals surface area contributed by atoms with E-state index in [-0.39, 0.29) is 11.9 Å². The molecule has 2 aromatic carbocycles. The monoisotopic (exact) mass is 347 g/mol. The first kappa shape index (κ1) is 16.3. The van der Waals surface area contributed by atoms with Crippen molar-refractivity contribution in [1.29, 1.82) is 0 Å². The molecule has 1 N–H and O–H groups in total. The summed E-state index contributed by atoms with van der Waals surface area (Å²) in [4.78, 5) is 14.8. The second-order valence-electron chi connectivity index (χ2n) is 6.52. The van der Waals surface area contributed by atoms with Crippen LogP contribution >= 0.6 is 0 Å². The van der Waals surface area contributed by atoms with Crippen molar-refractivity contribution in [2.45, 2.75) is 25.8 Å². The van der Waals surface area contributed by atoms with E-state index < -0.39 is 0 Å². The zero-order valence-electron chi connectivity index (χ0n) is 14.7. The van der Waals surface area contributed by atoms with Gasteiger partial charge in [0.2, 0.25) is 5.91 Å². The van der Waals surface area contributed by atoms with Gasteiger partial charge in [-0.25, -0.2) is 0 Å². The van der Waals surface area contributed by atoms with Gasteiger partial charge in [0.25, 0.3) is 0 Å². The maximum Gasteiger partial charge on any atom is 0.227 e. The Morgan fingerprint density at radius 2 is 1.92 bits per heavy atom. The summed E-state index contributed by atoms with van der Waals surface area (Å²) >= 11 is 0. The number of hydrogen-bond donors (Lipinski definition) is 1. The minimum absolute atomic E-state index is 0.105. The van der Waals surface area contributed by atoms with Gasteiger partial charge in [-0.15, -0.1) is 10.2 Å². The molecule has 0 saturated carbocycles. The van der Waals surface area contributed by atoms with Crippen molar-refractivity contribution in [3.63, 3.8) is 0 Å². The molecule has 1 aliphatic rings. The smallest absolute Gasteiger partial charge is 0.227 e. The number of hydrogen-bond acceptors (Lipinski definition) is 4. The van der Waals surface area contributed by atoms with Crippen LogP contribution in [0.5, 0.6) is 0 Å². The Labute approximate surface area is 152 Å². The summed E-state index contributed by atoms with van der Waals surface area (Å²) in [5.41, 5.74) is 2.95. The lowest BCUT2D eigenvalue weighted by molar-refractivity contribution is -0.118.